The van der Waals surface area contributed by atoms with Crippen molar-refractivity contribution in [3.05, 3.63) is 43.3 Å². The monoisotopic (exact) mass is 275 g/mol. The molecule has 0 fully saturated rings. The summed E-state index contributed by atoms with van der Waals surface area (Å²) in [6, 6.07) is 1.83. The molecule has 1 unspecified atom stereocenters. The van der Waals surface area contributed by atoms with Crippen LogP contribution in [0.2, 0.25) is 0 Å². The Bertz CT molecular complexity index is 806. The maximum absolute atomic E-state index is 11.8. The first-order valence-electron chi connectivity index (χ1n) is 6.31. The highest BCUT2D eigenvalue weighted by Gasteiger charge is 2.28. The van der Waals surface area contributed by atoms with Crippen LogP contribution >= 0.6 is 0 Å². The molecule has 6 nitrogen and oxygen atoms in total. The molecule has 2 aromatic rings. The van der Waals surface area contributed by atoms with Crippen LogP contribution in [-0.2, 0) is 6.42 Å². The number of benzene rings is 1. The summed E-state index contributed by atoms with van der Waals surface area (Å²) in [6.45, 7) is 5.32. The molecule has 1 atom stereocenters. The first kappa shape index (κ1) is 12.7. The number of fused-ring (bicyclic) bond motifs is 2. The van der Waals surface area contributed by atoms with E-state index in [1.54, 1.807) is 13.8 Å². The summed E-state index contributed by atoms with van der Waals surface area (Å²) in [6.07, 6.45) is 0.806. The SMILES string of the molecule is Cc1c([N+](=O)[O-])c(=O)oc2c(C)c3c(cc12)CC(C)O3. The van der Waals surface area contributed by atoms with Gasteiger partial charge in [-0.1, -0.05) is 0 Å². The van der Waals surface area contributed by atoms with Gasteiger partial charge in [0.2, 0.25) is 0 Å². The van der Waals surface area contributed by atoms with Gasteiger partial charge in [-0.25, -0.2) is 4.79 Å². The van der Waals surface area contributed by atoms with Crippen molar-refractivity contribution in [1.82, 2.24) is 0 Å². The van der Waals surface area contributed by atoms with E-state index in [9.17, 15) is 14.9 Å². The average molecular weight is 275 g/mol. The molecule has 1 aromatic heterocycles. The van der Waals surface area contributed by atoms with E-state index in [1.165, 1.54) is 0 Å². The van der Waals surface area contributed by atoms with Gasteiger partial charge in [-0.2, -0.15) is 0 Å². The van der Waals surface area contributed by atoms with Crippen molar-refractivity contribution in [2.45, 2.75) is 33.3 Å². The van der Waals surface area contributed by atoms with Gasteiger partial charge in [-0.3, -0.25) is 10.1 Å². The van der Waals surface area contributed by atoms with Gasteiger partial charge in [0, 0.05) is 22.9 Å². The molecule has 0 aliphatic carbocycles. The molecule has 0 saturated carbocycles. The summed E-state index contributed by atoms with van der Waals surface area (Å²) in [5.41, 5.74) is 1.00. The Morgan fingerprint density at radius 2 is 2.05 bits per heavy atom. The lowest BCUT2D eigenvalue weighted by Gasteiger charge is -2.09. The zero-order valence-electron chi connectivity index (χ0n) is 11.4. The molecule has 3 rings (SSSR count). The highest BCUT2D eigenvalue weighted by atomic mass is 16.6. The van der Waals surface area contributed by atoms with Crippen molar-refractivity contribution < 1.29 is 14.1 Å². The summed E-state index contributed by atoms with van der Waals surface area (Å²) < 4.78 is 10.9. The zero-order chi connectivity index (χ0) is 14.6. The predicted molar refractivity (Wildman–Crippen MR) is 72.4 cm³/mol. The van der Waals surface area contributed by atoms with Gasteiger partial charge < -0.3 is 9.15 Å². The molecule has 0 saturated heterocycles. The van der Waals surface area contributed by atoms with Gasteiger partial charge in [0.15, 0.2) is 0 Å². The summed E-state index contributed by atoms with van der Waals surface area (Å²) >= 11 is 0. The van der Waals surface area contributed by atoms with Crippen LogP contribution < -0.4 is 10.4 Å². The number of nitrogens with zero attached hydrogens (tertiary/aromatic N) is 1. The van der Waals surface area contributed by atoms with E-state index in [0.717, 1.165) is 23.3 Å². The minimum Gasteiger partial charge on any atom is -0.490 e. The first-order valence-corrected chi connectivity index (χ1v) is 6.31. The molecule has 1 aliphatic rings. The van der Waals surface area contributed by atoms with Crippen LogP contribution in [0.3, 0.4) is 0 Å². The Kier molecular flexibility index (Phi) is 2.57. The second-order valence-electron chi connectivity index (χ2n) is 5.12. The van der Waals surface area contributed by atoms with Crippen molar-refractivity contribution in [3.63, 3.8) is 0 Å². The van der Waals surface area contributed by atoms with Crippen LogP contribution in [0.1, 0.15) is 23.6 Å². The van der Waals surface area contributed by atoms with Gasteiger partial charge in [-0.15, -0.1) is 0 Å². The van der Waals surface area contributed by atoms with E-state index in [1.807, 2.05) is 13.0 Å². The maximum Gasteiger partial charge on any atom is 0.415 e. The topological polar surface area (TPSA) is 82.6 Å². The average Bonchev–Trinajstić information content (AvgIpc) is 2.72. The molecule has 104 valence electrons. The first-order chi connectivity index (χ1) is 9.40. The van der Waals surface area contributed by atoms with Crippen molar-refractivity contribution in [2.75, 3.05) is 0 Å². The highest BCUT2D eigenvalue weighted by Crippen LogP contribution is 2.38. The summed E-state index contributed by atoms with van der Waals surface area (Å²) in [5.74, 6) is 0.724. The summed E-state index contributed by atoms with van der Waals surface area (Å²) in [4.78, 5) is 22.0. The molecule has 0 bridgehead atoms. The lowest BCUT2D eigenvalue weighted by atomic mass is 10.0. The third kappa shape index (κ3) is 1.61. The molecule has 0 spiro atoms. The smallest absolute Gasteiger partial charge is 0.415 e. The van der Waals surface area contributed by atoms with E-state index in [0.29, 0.717) is 16.5 Å². The predicted octanol–water partition coefficient (Wildman–Crippen LogP) is 2.64. The Labute approximate surface area is 114 Å². The number of nitro groups is 1. The summed E-state index contributed by atoms with van der Waals surface area (Å²) in [5, 5.41) is 11.6. The van der Waals surface area contributed by atoms with Crippen LogP contribution in [0, 0.1) is 24.0 Å². The lowest BCUT2D eigenvalue weighted by molar-refractivity contribution is -0.387. The number of ether oxygens (including phenoxy) is 1. The van der Waals surface area contributed by atoms with Crippen molar-refractivity contribution in [2.24, 2.45) is 0 Å². The number of rotatable bonds is 1. The van der Waals surface area contributed by atoms with E-state index < -0.39 is 16.2 Å². The highest BCUT2D eigenvalue weighted by molar-refractivity contribution is 5.88. The van der Waals surface area contributed by atoms with Crippen LogP contribution in [0.5, 0.6) is 5.75 Å². The normalized spacial score (nSPS) is 17.1. The number of hydrogen-bond acceptors (Lipinski definition) is 5. The summed E-state index contributed by atoms with van der Waals surface area (Å²) in [7, 11) is 0. The van der Waals surface area contributed by atoms with Crippen molar-refractivity contribution in [3.8, 4) is 5.75 Å². The number of hydrogen-bond donors (Lipinski definition) is 0. The molecule has 0 N–H and O–H groups in total. The van der Waals surface area contributed by atoms with Gasteiger partial charge >= 0.3 is 11.3 Å². The molecular formula is C14H13NO5. The fraction of sp³-hybridized carbons (Fsp3) is 0.357. The molecule has 1 aliphatic heterocycles. The third-order valence-corrected chi connectivity index (χ3v) is 3.69. The molecule has 20 heavy (non-hydrogen) atoms. The molecule has 1 aromatic carbocycles. The maximum atomic E-state index is 11.8. The largest absolute Gasteiger partial charge is 0.490 e. The quantitative estimate of drug-likeness (QED) is 0.454. The Hall–Kier alpha value is -2.37. The van der Waals surface area contributed by atoms with Crippen molar-refractivity contribution in [1.29, 1.82) is 0 Å². The fourth-order valence-corrected chi connectivity index (χ4v) is 2.76. The van der Waals surface area contributed by atoms with E-state index in [2.05, 4.69) is 0 Å². The van der Waals surface area contributed by atoms with Gasteiger partial charge in [0.05, 0.1) is 4.92 Å². The minimum atomic E-state index is -0.922. The second-order valence-corrected chi connectivity index (χ2v) is 5.12. The Morgan fingerprint density at radius 3 is 2.70 bits per heavy atom. The fourth-order valence-electron chi connectivity index (χ4n) is 2.76. The van der Waals surface area contributed by atoms with Gasteiger partial charge in [-0.05, 0) is 32.4 Å². The zero-order valence-corrected chi connectivity index (χ0v) is 11.4. The van der Waals surface area contributed by atoms with Crippen LogP contribution in [0.25, 0.3) is 11.0 Å². The molecular weight excluding hydrogens is 262 g/mol. The molecule has 0 amide bonds. The second kappa shape index (κ2) is 4.06. The van der Waals surface area contributed by atoms with Crippen LogP contribution in [0.15, 0.2) is 15.3 Å². The van der Waals surface area contributed by atoms with Gasteiger partial charge in [0.1, 0.15) is 17.4 Å². The van der Waals surface area contributed by atoms with Crippen LogP contribution in [0.4, 0.5) is 5.69 Å². The lowest BCUT2D eigenvalue weighted by Crippen LogP contribution is -2.09. The number of aryl methyl sites for hydroxylation is 2. The van der Waals surface area contributed by atoms with E-state index in [-0.39, 0.29) is 6.10 Å². The molecule has 2 heterocycles. The Morgan fingerprint density at radius 1 is 1.35 bits per heavy atom. The van der Waals surface area contributed by atoms with E-state index >= 15 is 0 Å². The standard InChI is InChI=1S/C14H13NO5/c1-6-4-9-5-10-7(2)11(15(17)18)14(16)20-13(10)8(3)12(9)19-6/h5-6H,4H2,1-3H3. The minimum absolute atomic E-state index is 0.0579. The van der Waals surface area contributed by atoms with Crippen molar-refractivity contribution >= 4 is 16.7 Å². The molecule has 6 heteroatoms. The van der Waals surface area contributed by atoms with Gasteiger partial charge in [0.25, 0.3) is 0 Å². The molecule has 0 radical (unpaired) electrons. The Balaban J connectivity index is 2.44. The third-order valence-electron chi connectivity index (χ3n) is 3.69. The van der Waals surface area contributed by atoms with Crippen LogP contribution in [-0.4, -0.2) is 11.0 Å². The van der Waals surface area contributed by atoms with E-state index in [4.69, 9.17) is 9.15 Å².